The highest BCUT2D eigenvalue weighted by atomic mass is 31.1. The van der Waals surface area contributed by atoms with E-state index in [1.54, 1.807) is 32.9 Å². The van der Waals surface area contributed by atoms with E-state index in [0.717, 1.165) is 16.4 Å². The largest absolute Gasteiger partial charge is 0.305 e. The van der Waals surface area contributed by atoms with Gasteiger partial charge in [-0.1, -0.05) is 100 Å². The second-order valence-electron chi connectivity index (χ2n) is 11.1. The van der Waals surface area contributed by atoms with Gasteiger partial charge in [0.05, 0.1) is 0 Å². The van der Waals surface area contributed by atoms with Gasteiger partial charge in [0, 0.05) is 11.3 Å². The van der Waals surface area contributed by atoms with Crippen LogP contribution in [0.3, 0.4) is 0 Å². The Hall–Kier alpha value is -1.60. The number of unbranched alkanes of at least 4 members (excludes halogenated alkanes) is 3. The van der Waals surface area contributed by atoms with Crippen molar-refractivity contribution in [2.45, 2.75) is 126 Å². The first kappa shape index (κ1) is 36.4. The zero-order chi connectivity index (χ0) is 29.5. The highest BCUT2D eigenvalue weighted by Gasteiger charge is 2.37. The van der Waals surface area contributed by atoms with Crippen LogP contribution in [0.25, 0.3) is 0 Å². The Morgan fingerprint density at radius 2 is 1.55 bits per heavy atom. The van der Waals surface area contributed by atoms with Gasteiger partial charge in [-0.05, 0) is 98.7 Å². The molecule has 0 saturated heterocycles. The number of hydrogen-bond acceptors (Lipinski definition) is 1. The Balaban J connectivity index is 0.000000568. The van der Waals surface area contributed by atoms with E-state index in [2.05, 4.69) is 34.4 Å². The van der Waals surface area contributed by atoms with Crippen LogP contribution in [-0.2, 0) is 5.67 Å². The summed E-state index contributed by atoms with van der Waals surface area (Å²) >= 11 is 0. The van der Waals surface area contributed by atoms with Crippen LogP contribution < -0.4 is 5.30 Å². The molecule has 0 aromatic heterocycles. The van der Waals surface area contributed by atoms with Crippen molar-refractivity contribution < 1.29 is 8.78 Å². The van der Waals surface area contributed by atoms with E-state index in [4.69, 9.17) is 5.41 Å². The first-order valence-corrected chi connectivity index (χ1v) is 16.1. The highest BCUT2D eigenvalue weighted by Crippen LogP contribution is 2.50. The summed E-state index contributed by atoms with van der Waals surface area (Å²) in [5.41, 5.74) is 3.66. The molecule has 1 aliphatic rings. The van der Waals surface area contributed by atoms with Gasteiger partial charge in [-0.15, -0.1) is 0 Å². The minimum Gasteiger partial charge on any atom is -0.305 e. The van der Waals surface area contributed by atoms with E-state index in [-0.39, 0.29) is 5.82 Å². The van der Waals surface area contributed by atoms with Gasteiger partial charge in [0.25, 0.3) is 0 Å². The molecule has 0 bridgehead atoms. The van der Waals surface area contributed by atoms with Crippen LogP contribution in [0, 0.1) is 23.6 Å². The topological polar surface area (TPSA) is 23.9 Å². The third-order valence-electron chi connectivity index (χ3n) is 7.53. The van der Waals surface area contributed by atoms with Gasteiger partial charge in [-0.3, -0.25) is 0 Å². The van der Waals surface area contributed by atoms with E-state index >= 15 is 0 Å². The SMILES string of the molecule is CC.CC(c1ccc(F)cc1)C1(C)CCC1.CCCCCC.CPc1cc(C(C)(C)F)cc(C)c1C(C)=N. The zero-order valence-electron chi connectivity index (χ0n) is 26.2. The number of hydrogen-bond donors (Lipinski definition) is 1. The van der Waals surface area contributed by atoms with E-state index in [0.29, 0.717) is 31.2 Å². The predicted octanol–water partition coefficient (Wildman–Crippen LogP) is 11.3. The minimum atomic E-state index is -1.31. The molecule has 3 rings (SSSR count). The molecule has 0 aliphatic heterocycles. The van der Waals surface area contributed by atoms with Crippen molar-refractivity contribution in [1.29, 1.82) is 5.41 Å². The molecule has 1 aliphatic carbocycles. The van der Waals surface area contributed by atoms with Gasteiger partial charge >= 0.3 is 0 Å². The average Bonchev–Trinajstić information content (AvgIpc) is 2.86. The van der Waals surface area contributed by atoms with Crippen molar-refractivity contribution >= 4 is 19.6 Å². The molecule has 1 fully saturated rings. The van der Waals surface area contributed by atoms with Crippen LogP contribution in [0.5, 0.6) is 0 Å². The second kappa shape index (κ2) is 17.9. The van der Waals surface area contributed by atoms with Gasteiger partial charge in [-0.25, -0.2) is 8.78 Å². The highest BCUT2D eigenvalue weighted by molar-refractivity contribution is 7.46. The lowest BCUT2D eigenvalue weighted by atomic mass is 9.61. The number of halogens is 2. The molecule has 0 amide bonds. The molecule has 1 nitrogen and oxygen atoms in total. The number of nitrogens with one attached hydrogen (secondary N) is 1. The maximum Gasteiger partial charge on any atom is 0.130 e. The first-order chi connectivity index (χ1) is 17.8. The van der Waals surface area contributed by atoms with E-state index in [9.17, 15) is 8.78 Å². The van der Waals surface area contributed by atoms with E-state index < -0.39 is 5.67 Å². The molecule has 2 aromatic rings. The monoisotopic (exact) mass is 547 g/mol. The van der Waals surface area contributed by atoms with Gasteiger partial charge in [-0.2, -0.15) is 0 Å². The molecule has 0 radical (unpaired) electrons. The second-order valence-corrected chi connectivity index (χ2v) is 12.1. The Labute approximate surface area is 235 Å². The standard InChI is InChI=1S/C13H19FNP.C13H17F.C6H14.C2H6/c1-8-6-10(13(3,4)14)7-11(16-5)12(8)9(2)15;1-10(13(2)8-3-9-13)11-4-6-12(14)7-5-11;1-3-5-6-4-2;1-2/h6-7,15-16H,1-5H3;4-7,10H,3,8-9H2,1-2H3;3-6H2,1-2H3;1-2H3. The summed E-state index contributed by atoms with van der Waals surface area (Å²) in [6, 6.07) is 10.7. The lowest BCUT2D eigenvalue weighted by Gasteiger charge is -2.44. The van der Waals surface area contributed by atoms with Crippen LogP contribution in [0.4, 0.5) is 8.78 Å². The van der Waals surface area contributed by atoms with Crippen molar-refractivity contribution in [2.24, 2.45) is 5.41 Å². The Bertz CT molecular complexity index is 936. The lowest BCUT2D eigenvalue weighted by Crippen LogP contribution is -2.31. The predicted molar refractivity (Wildman–Crippen MR) is 170 cm³/mol. The Kier molecular flexibility index (Phi) is 17.1. The maximum atomic E-state index is 13.9. The van der Waals surface area contributed by atoms with Gasteiger partial charge in [0.2, 0.25) is 0 Å². The lowest BCUT2D eigenvalue weighted by molar-refractivity contribution is 0.125. The van der Waals surface area contributed by atoms with Crippen LogP contribution in [0.1, 0.15) is 135 Å². The summed E-state index contributed by atoms with van der Waals surface area (Å²) < 4.78 is 26.6. The van der Waals surface area contributed by atoms with Crippen LogP contribution in [-0.4, -0.2) is 12.4 Å². The number of aryl methyl sites for hydroxylation is 1. The Morgan fingerprint density at radius 3 is 1.89 bits per heavy atom. The molecule has 0 heterocycles. The van der Waals surface area contributed by atoms with Gasteiger partial charge < -0.3 is 5.41 Å². The third kappa shape index (κ3) is 11.6. The molecular weight excluding hydrogens is 491 g/mol. The molecule has 2 aromatic carbocycles. The number of rotatable bonds is 8. The van der Waals surface area contributed by atoms with Crippen LogP contribution >= 0.6 is 8.58 Å². The summed E-state index contributed by atoms with van der Waals surface area (Å²) in [5.74, 6) is 0.413. The molecule has 38 heavy (non-hydrogen) atoms. The fourth-order valence-corrected chi connectivity index (χ4v) is 5.58. The number of benzene rings is 2. The summed E-state index contributed by atoms with van der Waals surface area (Å²) in [6.45, 7) is 22.0. The summed E-state index contributed by atoms with van der Waals surface area (Å²) in [5, 5.41) is 8.85. The number of alkyl halides is 1. The van der Waals surface area contributed by atoms with Crippen LogP contribution in [0.15, 0.2) is 36.4 Å². The fraction of sp³-hybridized carbons (Fsp3) is 0.618. The molecule has 216 valence electrons. The Morgan fingerprint density at radius 1 is 1.05 bits per heavy atom. The fourth-order valence-electron chi connectivity index (χ4n) is 4.65. The summed E-state index contributed by atoms with van der Waals surface area (Å²) in [6.07, 6.45) is 9.51. The smallest absolute Gasteiger partial charge is 0.130 e. The minimum absolute atomic E-state index is 0.139. The quantitative estimate of drug-likeness (QED) is 0.193. The molecule has 4 heteroatoms. The zero-order valence-corrected chi connectivity index (χ0v) is 27.2. The maximum absolute atomic E-state index is 13.9. The summed E-state index contributed by atoms with van der Waals surface area (Å²) in [7, 11) is 0.586. The normalized spacial score (nSPS) is 14.7. The van der Waals surface area contributed by atoms with Gasteiger partial charge in [0.15, 0.2) is 0 Å². The van der Waals surface area contributed by atoms with Crippen molar-refractivity contribution in [1.82, 2.24) is 0 Å². The molecule has 2 unspecified atom stereocenters. The van der Waals surface area contributed by atoms with Gasteiger partial charge in [0.1, 0.15) is 11.5 Å². The van der Waals surface area contributed by atoms with E-state index in [1.165, 1.54) is 50.5 Å². The molecule has 2 atom stereocenters. The third-order valence-corrected chi connectivity index (χ3v) is 8.47. The molecule has 1 N–H and O–H groups in total. The first-order valence-electron chi connectivity index (χ1n) is 14.6. The van der Waals surface area contributed by atoms with Crippen LogP contribution in [0.2, 0.25) is 0 Å². The average molecular weight is 548 g/mol. The molecule has 1 saturated carbocycles. The molecule has 0 spiro atoms. The van der Waals surface area contributed by atoms with E-state index in [1.807, 2.05) is 45.0 Å². The van der Waals surface area contributed by atoms with Crippen molar-refractivity contribution in [3.63, 3.8) is 0 Å². The van der Waals surface area contributed by atoms with Crippen molar-refractivity contribution in [3.05, 3.63) is 64.5 Å². The van der Waals surface area contributed by atoms with Crippen molar-refractivity contribution in [3.8, 4) is 0 Å². The molecular formula is C34H56F2NP. The van der Waals surface area contributed by atoms with Crippen molar-refractivity contribution in [2.75, 3.05) is 6.66 Å². The summed E-state index contributed by atoms with van der Waals surface area (Å²) in [4.78, 5) is 0.